The van der Waals surface area contributed by atoms with Crippen molar-refractivity contribution in [2.45, 2.75) is 13.0 Å². The highest BCUT2D eigenvalue weighted by Gasteiger charge is 2.19. The zero-order chi connectivity index (χ0) is 14.7. The van der Waals surface area contributed by atoms with Crippen LogP contribution in [0.15, 0.2) is 42.5 Å². The molecule has 20 heavy (non-hydrogen) atoms. The average Bonchev–Trinajstić information content (AvgIpc) is 2.38. The fourth-order valence-electron chi connectivity index (χ4n) is 1.71. The lowest BCUT2D eigenvalue weighted by Crippen LogP contribution is -2.24. The summed E-state index contributed by atoms with van der Waals surface area (Å²) in [5, 5.41) is 0.711. The van der Waals surface area contributed by atoms with E-state index in [0.717, 1.165) is 0 Å². The van der Waals surface area contributed by atoms with E-state index in [0.29, 0.717) is 10.6 Å². The third-order valence-electron chi connectivity index (χ3n) is 2.67. The third kappa shape index (κ3) is 3.50. The molecular formula is C15H11Cl2FO2. The van der Waals surface area contributed by atoms with Crippen LogP contribution in [0.5, 0.6) is 5.75 Å². The van der Waals surface area contributed by atoms with E-state index in [1.165, 1.54) is 24.3 Å². The maximum absolute atomic E-state index is 13.0. The fraction of sp³-hybridized carbons (Fsp3) is 0.133. The van der Waals surface area contributed by atoms with Crippen molar-refractivity contribution in [1.82, 2.24) is 0 Å². The predicted molar refractivity (Wildman–Crippen MR) is 77.3 cm³/mol. The van der Waals surface area contributed by atoms with E-state index in [9.17, 15) is 9.18 Å². The summed E-state index contributed by atoms with van der Waals surface area (Å²) in [6, 6.07) is 10.2. The Morgan fingerprint density at radius 2 is 1.95 bits per heavy atom. The summed E-state index contributed by atoms with van der Waals surface area (Å²) in [7, 11) is 0. The molecule has 0 N–H and O–H groups in total. The molecule has 0 fully saturated rings. The Hall–Kier alpha value is -1.58. The monoisotopic (exact) mass is 312 g/mol. The zero-order valence-electron chi connectivity index (χ0n) is 10.6. The van der Waals surface area contributed by atoms with Crippen LogP contribution in [0, 0.1) is 5.82 Å². The summed E-state index contributed by atoms with van der Waals surface area (Å²) in [6.07, 6.45) is -0.782. The molecule has 0 aliphatic rings. The molecular weight excluding hydrogens is 302 g/mol. The van der Waals surface area contributed by atoms with Crippen LogP contribution in [0.25, 0.3) is 0 Å². The lowest BCUT2D eigenvalue weighted by atomic mass is 10.1. The summed E-state index contributed by atoms with van der Waals surface area (Å²) in [5.41, 5.74) is 0.319. The zero-order valence-corrected chi connectivity index (χ0v) is 12.1. The molecule has 5 heteroatoms. The van der Waals surface area contributed by atoms with Crippen molar-refractivity contribution in [3.63, 3.8) is 0 Å². The average molecular weight is 313 g/mol. The number of benzene rings is 2. The molecule has 1 unspecified atom stereocenters. The van der Waals surface area contributed by atoms with Crippen molar-refractivity contribution < 1.29 is 13.9 Å². The SMILES string of the molecule is CC(Oc1cccc(F)c1)C(=O)c1ccc(Cl)cc1Cl. The lowest BCUT2D eigenvalue weighted by molar-refractivity contribution is 0.0817. The van der Waals surface area contributed by atoms with Gasteiger partial charge >= 0.3 is 0 Å². The Kier molecular flexibility index (Phi) is 4.63. The van der Waals surface area contributed by atoms with Crippen LogP contribution in [0.3, 0.4) is 0 Å². The maximum Gasteiger partial charge on any atom is 0.204 e. The quantitative estimate of drug-likeness (QED) is 0.759. The molecule has 104 valence electrons. The van der Waals surface area contributed by atoms with Gasteiger partial charge in [-0.05, 0) is 37.3 Å². The molecule has 0 amide bonds. The second-order valence-electron chi connectivity index (χ2n) is 4.21. The molecule has 0 radical (unpaired) electrons. The number of hydrogen-bond donors (Lipinski definition) is 0. The van der Waals surface area contributed by atoms with Crippen LogP contribution >= 0.6 is 23.2 Å². The first kappa shape index (κ1) is 14.8. The first-order chi connectivity index (χ1) is 9.47. The molecule has 2 rings (SSSR count). The van der Waals surface area contributed by atoms with Crippen molar-refractivity contribution in [1.29, 1.82) is 0 Å². The van der Waals surface area contributed by atoms with E-state index >= 15 is 0 Å². The number of carbonyl (C=O) groups is 1. The Morgan fingerprint density at radius 1 is 1.20 bits per heavy atom. The van der Waals surface area contributed by atoms with Gasteiger partial charge in [0.05, 0.1) is 5.02 Å². The summed E-state index contributed by atoms with van der Waals surface area (Å²) < 4.78 is 18.5. The molecule has 2 aromatic carbocycles. The van der Waals surface area contributed by atoms with Crippen LogP contribution in [0.4, 0.5) is 4.39 Å². The fourth-order valence-corrected chi connectivity index (χ4v) is 2.21. The van der Waals surface area contributed by atoms with Gasteiger partial charge in [-0.25, -0.2) is 4.39 Å². The molecule has 0 heterocycles. The van der Waals surface area contributed by atoms with Crippen molar-refractivity contribution in [2.75, 3.05) is 0 Å². The maximum atomic E-state index is 13.0. The van der Waals surface area contributed by atoms with Gasteiger partial charge in [-0.15, -0.1) is 0 Å². The molecule has 0 spiro atoms. The largest absolute Gasteiger partial charge is 0.482 e. The number of halogens is 3. The molecule has 0 aliphatic heterocycles. The van der Waals surface area contributed by atoms with Crippen molar-refractivity contribution in [3.05, 3.63) is 63.9 Å². The molecule has 2 aromatic rings. The smallest absolute Gasteiger partial charge is 0.204 e. The molecule has 0 saturated heterocycles. The standard InChI is InChI=1S/C15H11Cl2FO2/c1-9(20-12-4-2-3-11(18)8-12)15(19)13-6-5-10(16)7-14(13)17/h2-9H,1H3. The van der Waals surface area contributed by atoms with E-state index in [-0.39, 0.29) is 16.6 Å². The lowest BCUT2D eigenvalue weighted by Gasteiger charge is -2.14. The van der Waals surface area contributed by atoms with E-state index in [1.807, 2.05) is 0 Å². The Balaban J connectivity index is 2.16. The van der Waals surface area contributed by atoms with E-state index < -0.39 is 11.9 Å². The van der Waals surface area contributed by atoms with Gasteiger partial charge in [0.1, 0.15) is 11.6 Å². The van der Waals surface area contributed by atoms with Gasteiger partial charge in [0, 0.05) is 16.7 Å². The van der Waals surface area contributed by atoms with Gasteiger partial charge in [-0.3, -0.25) is 4.79 Å². The molecule has 1 atom stereocenters. The minimum atomic E-state index is -0.782. The van der Waals surface area contributed by atoms with Crippen LogP contribution in [-0.4, -0.2) is 11.9 Å². The summed E-state index contributed by atoms with van der Waals surface area (Å²) in [4.78, 5) is 12.2. The van der Waals surface area contributed by atoms with E-state index in [1.54, 1.807) is 25.1 Å². The Bertz CT molecular complexity index is 644. The molecule has 0 aromatic heterocycles. The van der Waals surface area contributed by atoms with Crippen molar-refractivity contribution >= 4 is 29.0 Å². The van der Waals surface area contributed by atoms with Crippen LogP contribution in [0.2, 0.25) is 10.0 Å². The summed E-state index contributed by atoms with van der Waals surface area (Å²) in [5.74, 6) is -0.432. The predicted octanol–water partition coefficient (Wildman–Crippen LogP) is 4.78. The molecule has 0 saturated carbocycles. The highest BCUT2D eigenvalue weighted by molar-refractivity contribution is 6.37. The van der Waals surface area contributed by atoms with Crippen LogP contribution in [-0.2, 0) is 0 Å². The molecule has 0 bridgehead atoms. The number of rotatable bonds is 4. The van der Waals surface area contributed by atoms with Gasteiger partial charge in [0.15, 0.2) is 6.10 Å². The van der Waals surface area contributed by atoms with Crippen LogP contribution in [0.1, 0.15) is 17.3 Å². The number of ether oxygens (including phenoxy) is 1. The Morgan fingerprint density at radius 3 is 2.60 bits per heavy atom. The van der Waals surface area contributed by atoms with Gasteiger partial charge < -0.3 is 4.74 Å². The molecule has 2 nitrogen and oxygen atoms in total. The number of carbonyl (C=O) groups excluding carboxylic acids is 1. The number of Topliss-reactive ketones (excluding diaryl/α,β-unsaturated/α-hetero) is 1. The first-order valence-electron chi connectivity index (χ1n) is 5.89. The van der Waals surface area contributed by atoms with E-state index in [2.05, 4.69) is 0 Å². The van der Waals surface area contributed by atoms with Crippen LogP contribution < -0.4 is 4.74 Å². The van der Waals surface area contributed by atoms with Gasteiger partial charge in [-0.1, -0.05) is 29.3 Å². The third-order valence-corrected chi connectivity index (χ3v) is 3.22. The van der Waals surface area contributed by atoms with Gasteiger partial charge in [-0.2, -0.15) is 0 Å². The second kappa shape index (κ2) is 6.25. The van der Waals surface area contributed by atoms with Crippen molar-refractivity contribution in [3.8, 4) is 5.75 Å². The Labute approximate surface area is 126 Å². The normalized spacial score (nSPS) is 12.0. The number of ketones is 1. The van der Waals surface area contributed by atoms with Crippen molar-refractivity contribution in [2.24, 2.45) is 0 Å². The van der Waals surface area contributed by atoms with Gasteiger partial charge in [0.25, 0.3) is 0 Å². The highest BCUT2D eigenvalue weighted by Crippen LogP contribution is 2.23. The topological polar surface area (TPSA) is 26.3 Å². The van der Waals surface area contributed by atoms with Gasteiger partial charge in [0.2, 0.25) is 5.78 Å². The minimum absolute atomic E-state index is 0.261. The van der Waals surface area contributed by atoms with E-state index in [4.69, 9.17) is 27.9 Å². The number of hydrogen-bond acceptors (Lipinski definition) is 2. The summed E-state index contributed by atoms with van der Waals surface area (Å²) in [6.45, 7) is 1.58. The second-order valence-corrected chi connectivity index (χ2v) is 5.05. The highest BCUT2D eigenvalue weighted by atomic mass is 35.5. The minimum Gasteiger partial charge on any atom is -0.482 e. The molecule has 0 aliphatic carbocycles. The first-order valence-corrected chi connectivity index (χ1v) is 6.64. The summed E-state index contributed by atoms with van der Waals surface area (Å²) >= 11 is 11.8.